The fourth-order valence-corrected chi connectivity index (χ4v) is 2.90. The monoisotopic (exact) mass is 316 g/mol. The highest BCUT2D eigenvalue weighted by molar-refractivity contribution is 5.90. The first-order chi connectivity index (χ1) is 11.3. The zero-order valence-corrected chi connectivity index (χ0v) is 12.8. The van der Waals surface area contributed by atoms with E-state index in [0.717, 1.165) is 31.4 Å². The van der Waals surface area contributed by atoms with Crippen molar-refractivity contribution in [3.05, 3.63) is 30.7 Å². The molecule has 1 aliphatic heterocycles. The number of hydrogen-bond acceptors (Lipinski definition) is 5. The van der Waals surface area contributed by atoms with Gasteiger partial charge in [-0.2, -0.15) is 0 Å². The molecule has 1 saturated heterocycles. The quantitative estimate of drug-likeness (QED) is 0.903. The summed E-state index contributed by atoms with van der Waals surface area (Å²) in [5.74, 6) is 0.798. The standard InChI is InChI=1S/C16H20N4O3/c21-8-6-12-3-2-7-20(10-12)16(22)18-14-5-1-4-13(9-14)15-19-17-11-23-15/h1,4-5,9,11-12,21H,2-3,6-8,10H2,(H,18,22). The zero-order valence-electron chi connectivity index (χ0n) is 12.8. The maximum atomic E-state index is 12.4. The maximum absolute atomic E-state index is 12.4. The minimum atomic E-state index is -0.115. The Morgan fingerprint density at radius 3 is 3.17 bits per heavy atom. The number of aliphatic hydroxyl groups excluding tert-OH is 1. The Morgan fingerprint density at radius 1 is 1.48 bits per heavy atom. The Labute approximate surface area is 134 Å². The lowest BCUT2D eigenvalue weighted by Gasteiger charge is -2.32. The second-order valence-corrected chi connectivity index (χ2v) is 5.72. The third-order valence-corrected chi connectivity index (χ3v) is 4.06. The lowest BCUT2D eigenvalue weighted by atomic mass is 9.95. The minimum Gasteiger partial charge on any atom is -0.423 e. The lowest BCUT2D eigenvalue weighted by Crippen LogP contribution is -2.42. The number of likely N-dealkylation sites (tertiary alicyclic amines) is 1. The first-order valence-corrected chi connectivity index (χ1v) is 7.79. The molecule has 0 spiro atoms. The van der Waals surface area contributed by atoms with E-state index >= 15 is 0 Å². The van der Waals surface area contributed by atoms with Crippen LogP contribution in [0.15, 0.2) is 35.1 Å². The first-order valence-electron chi connectivity index (χ1n) is 7.79. The van der Waals surface area contributed by atoms with Crippen molar-refractivity contribution in [2.45, 2.75) is 19.3 Å². The van der Waals surface area contributed by atoms with Crippen LogP contribution in [-0.4, -0.2) is 45.9 Å². The molecule has 7 heteroatoms. The summed E-state index contributed by atoms with van der Waals surface area (Å²) >= 11 is 0. The molecular weight excluding hydrogens is 296 g/mol. The number of carbonyl (C=O) groups excluding carboxylic acids is 1. The van der Waals surface area contributed by atoms with Gasteiger partial charge in [0.2, 0.25) is 12.3 Å². The zero-order chi connectivity index (χ0) is 16.1. The van der Waals surface area contributed by atoms with Gasteiger partial charge < -0.3 is 19.7 Å². The molecule has 1 fully saturated rings. The molecule has 2 N–H and O–H groups in total. The maximum Gasteiger partial charge on any atom is 0.321 e. The normalized spacial score (nSPS) is 18.0. The number of benzene rings is 1. The molecule has 0 saturated carbocycles. The summed E-state index contributed by atoms with van der Waals surface area (Å²) in [6, 6.07) is 7.20. The Balaban J connectivity index is 1.65. The van der Waals surface area contributed by atoms with Gasteiger partial charge in [0.1, 0.15) is 0 Å². The number of piperidine rings is 1. The highest BCUT2D eigenvalue weighted by Crippen LogP contribution is 2.22. The van der Waals surface area contributed by atoms with E-state index in [1.165, 1.54) is 6.39 Å². The van der Waals surface area contributed by atoms with E-state index in [-0.39, 0.29) is 12.6 Å². The molecule has 1 aromatic heterocycles. The highest BCUT2D eigenvalue weighted by Gasteiger charge is 2.23. The number of hydrogen-bond donors (Lipinski definition) is 2. The molecule has 2 heterocycles. The number of carbonyl (C=O) groups is 1. The number of urea groups is 1. The number of nitrogens with one attached hydrogen (secondary N) is 1. The summed E-state index contributed by atoms with van der Waals surface area (Å²) in [5, 5.41) is 19.5. The summed E-state index contributed by atoms with van der Waals surface area (Å²) in [7, 11) is 0. The van der Waals surface area contributed by atoms with Crippen molar-refractivity contribution in [3.63, 3.8) is 0 Å². The van der Waals surface area contributed by atoms with Crippen LogP contribution in [0.2, 0.25) is 0 Å². The average molecular weight is 316 g/mol. The Kier molecular flexibility index (Phi) is 4.87. The van der Waals surface area contributed by atoms with Crippen molar-refractivity contribution in [1.29, 1.82) is 0 Å². The molecule has 7 nitrogen and oxygen atoms in total. The Morgan fingerprint density at radius 2 is 2.39 bits per heavy atom. The van der Waals surface area contributed by atoms with Gasteiger partial charge in [-0.3, -0.25) is 0 Å². The SMILES string of the molecule is O=C(Nc1cccc(-c2nnco2)c1)N1CCCC(CCO)C1. The summed E-state index contributed by atoms with van der Waals surface area (Å²) in [5.41, 5.74) is 1.45. The molecule has 2 amide bonds. The first kappa shape index (κ1) is 15.5. The molecule has 23 heavy (non-hydrogen) atoms. The van der Waals surface area contributed by atoms with Gasteiger partial charge in [-0.15, -0.1) is 10.2 Å². The smallest absolute Gasteiger partial charge is 0.321 e. The van der Waals surface area contributed by atoms with Crippen molar-refractivity contribution in [3.8, 4) is 11.5 Å². The topological polar surface area (TPSA) is 91.5 Å². The third-order valence-electron chi connectivity index (χ3n) is 4.06. The second kappa shape index (κ2) is 7.23. The van der Waals surface area contributed by atoms with Crippen LogP contribution in [0.4, 0.5) is 10.5 Å². The van der Waals surface area contributed by atoms with Crippen LogP contribution in [0.5, 0.6) is 0 Å². The van der Waals surface area contributed by atoms with Gasteiger partial charge in [-0.05, 0) is 43.4 Å². The van der Waals surface area contributed by atoms with Crippen LogP contribution in [0, 0.1) is 5.92 Å². The third kappa shape index (κ3) is 3.87. The number of nitrogens with zero attached hydrogens (tertiary/aromatic N) is 3. The molecule has 3 rings (SSSR count). The fourth-order valence-electron chi connectivity index (χ4n) is 2.90. The summed E-state index contributed by atoms with van der Waals surface area (Å²) in [6.45, 7) is 1.61. The molecule has 2 aromatic rings. The predicted octanol–water partition coefficient (Wildman–Crippen LogP) is 2.36. The van der Waals surface area contributed by atoms with Crippen LogP contribution >= 0.6 is 0 Å². The summed E-state index contributed by atoms with van der Waals surface area (Å²) in [6.07, 6.45) is 4.06. The summed E-state index contributed by atoms with van der Waals surface area (Å²) < 4.78 is 5.17. The van der Waals surface area contributed by atoms with Crippen molar-refractivity contribution >= 4 is 11.7 Å². The largest absolute Gasteiger partial charge is 0.423 e. The number of rotatable bonds is 4. The molecule has 1 unspecified atom stereocenters. The van der Waals surface area contributed by atoms with E-state index in [0.29, 0.717) is 24.0 Å². The Hall–Kier alpha value is -2.41. The average Bonchev–Trinajstić information content (AvgIpc) is 3.10. The molecular formula is C16H20N4O3. The molecule has 1 aromatic carbocycles. The van der Waals surface area contributed by atoms with E-state index in [2.05, 4.69) is 15.5 Å². The molecule has 0 radical (unpaired) electrons. The van der Waals surface area contributed by atoms with Crippen LogP contribution < -0.4 is 5.32 Å². The van der Waals surface area contributed by atoms with E-state index in [1.807, 2.05) is 23.1 Å². The summed E-state index contributed by atoms with van der Waals surface area (Å²) in [4.78, 5) is 14.2. The van der Waals surface area contributed by atoms with Gasteiger partial charge >= 0.3 is 6.03 Å². The van der Waals surface area contributed by atoms with Crippen molar-refractivity contribution < 1.29 is 14.3 Å². The van der Waals surface area contributed by atoms with Crippen molar-refractivity contribution in [1.82, 2.24) is 15.1 Å². The fraction of sp³-hybridized carbons (Fsp3) is 0.438. The molecule has 0 aliphatic carbocycles. The van der Waals surface area contributed by atoms with Gasteiger partial charge in [0.25, 0.3) is 0 Å². The van der Waals surface area contributed by atoms with E-state index in [4.69, 9.17) is 9.52 Å². The minimum absolute atomic E-state index is 0.115. The van der Waals surface area contributed by atoms with E-state index < -0.39 is 0 Å². The lowest BCUT2D eigenvalue weighted by molar-refractivity contribution is 0.159. The predicted molar refractivity (Wildman–Crippen MR) is 84.8 cm³/mol. The van der Waals surface area contributed by atoms with E-state index in [9.17, 15) is 4.79 Å². The Bertz CT molecular complexity index is 643. The molecule has 0 bridgehead atoms. The highest BCUT2D eigenvalue weighted by atomic mass is 16.4. The molecule has 122 valence electrons. The molecule has 1 aliphatic rings. The van der Waals surface area contributed by atoms with Gasteiger partial charge in [-0.25, -0.2) is 4.79 Å². The van der Waals surface area contributed by atoms with Gasteiger partial charge in [0, 0.05) is 30.9 Å². The van der Waals surface area contributed by atoms with Crippen molar-refractivity contribution in [2.24, 2.45) is 5.92 Å². The van der Waals surface area contributed by atoms with Crippen LogP contribution in [0.1, 0.15) is 19.3 Å². The number of aromatic nitrogens is 2. The number of anilines is 1. The second-order valence-electron chi connectivity index (χ2n) is 5.72. The van der Waals surface area contributed by atoms with Crippen LogP contribution in [-0.2, 0) is 0 Å². The number of amides is 2. The van der Waals surface area contributed by atoms with Crippen LogP contribution in [0.25, 0.3) is 11.5 Å². The van der Waals surface area contributed by atoms with Gasteiger partial charge in [0.15, 0.2) is 0 Å². The van der Waals surface area contributed by atoms with E-state index in [1.54, 1.807) is 6.07 Å². The van der Waals surface area contributed by atoms with Gasteiger partial charge in [-0.1, -0.05) is 6.07 Å². The molecule has 1 atom stereocenters. The number of aliphatic hydroxyl groups is 1. The van der Waals surface area contributed by atoms with Gasteiger partial charge in [0.05, 0.1) is 0 Å². The van der Waals surface area contributed by atoms with Crippen molar-refractivity contribution in [2.75, 3.05) is 25.0 Å². The van der Waals surface area contributed by atoms with Crippen LogP contribution in [0.3, 0.4) is 0 Å².